The van der Waals surface area contributed by atoms with Crippen LogP contribution in [-0.4, -0.2) is 50.4 Å². The lowest BCUT2D eigenvalue weighted by molar-refractivity contribution is -0.0753. The molecule has 1 spiro atoms. The number of hydrogen-bond acceptors (Lipinski definition) is 5. The van der Waals surface area contributed by atoms with E-state index in [0.29, 0.717) is 6.54 Å². The maximum Gasteiger partial charge on any atom is 0.407 e. The highest BCUT2D eigenvalue weighted by Crippen LogP contribution is 2.48. The number of nitrogens with one attached hydrogen (secondary N) is 1. The molecule has 6 nitrogen and oxygen atoms in total. The van der Waals surface area contributed by atoms with Crippen LogP contribution in [0, 0.1) is 5.92 Å². The second-order valence-corrected chi connectivity index (χ2v) is 8.57. The number of benzene rings is 2. The predicted octanol–water partition coefficient (Wildman–Crippen LogP) is 3.34. The monoisotopic (exact) mass is 408 g/mol. The Morgan fingerprint density at radius 2 is 1.93 bits per heavy atom. The highest BCUT2D eigenvalue weighted by Gasteiger charge is 2.54. The minimum atomic E-state index is -0.490. The van der Waals surface area contributed by atoms with E-state index in [2.05, 4.69) is 46.6 Å². The van der Waals surface area contributed by atoms with Crippen LogP contribution in [0.5, 0.6) is 11.5 Å². The first-order chi connectivity index (χ1) is 14.6. The maximum absolute atomic E-state index is 12.1. The fourth-order valence-electron chi connectivity index (χ4n) is 5.45. The van der Waals surface area contributed by atoms with E-state index in [1.165, 1.54) is 16.7 Å². The number of amides is 1. The molecule has 2 saturated heterocycles. The third-order valence-corrected chi connectivity index (χ3v) is 7.00. The molecule has 0 aromatic heterocycles. The first-order valence-corrected chi connectivity index (χ1v) is 10.6. The Kier molecular flexibility index (Phi) is 4.82. The molecule has 30 heavy (non-hydrogen) atoms. The molecule has 0 radical (unpaired) electrons. The highest BCUT2D eigenvalue weighted by atomic mass is 16.6. The summed E-state index contributed by atoms with van der Waals surface area (Å²) in [4.78, 5) is 14.7. The van der Waals surface area contributed by atoms with Gasteiger partial charge in [-0.15, -0.1) is 0 Å². The number of alkyl carbamates (subject to hydrolysis) is 1. The van der Waals surface area contributed by atoms with E-state index >= 15 is 0 Å². The van der Waals surface area contributed by atoms with Crippen LogP contribution >= 0.6 is 0 Å². The van der Waals surface area contributed by atoms with Gasteiger partial charge in [0.2, 0.25) is 0 Å². The lowest BCUT2D eigenvalue weighted by atomic mass is 9.71. The van der Waals surface area contributed by atoms with Gasteiger partial charge in [0.1, 0.15) is 5.60 Å². The third-order valence-electron chi connectivity index (χ3n) is 7.00. The number of ether oxygens (including phenoxy) is 3. The van der Waals surface area contributed by atoms with Gasteiger partial charge in [0, 0.05) is 31.5 Å². The largest absolute Gasteiger partial charge is 0.493 e. The molecular weight excluding hydrogens is 380 g/mol. The zero-order chi connectivity index (χ0) is 20.7. The van der Waals surface area contributed by atoms with Crippen molar-refractivity contribution in [2.75, 3.05) is 33.9 Å². The molecule has 3 aliphatic rings. The third kappa shape index (κ3) is 3.19. The summed E-state index contributed by atoms with van der Waals surface area (Å²) in [5.74, 6) is 1.77. The summed E-state index contributed by atoms with van der Waals surface area (Å²) in [5, 5.41) is 2.93. The van der Waals surface area contributed by atoms with E-state index in [0.717, 1.165) is 43.9 Å². The summed E-state index contributed by atoms with van der Waals surface area (Å²) in [5.41, 5.74) is 3.35. The molecule has 0 saturated carbocycles. The Morgan fingerprint density at radius 1 is 1.17 bits per heavy atom. The van der Waals surface area contributed by atoms with Crippen LogP contribution in [0.4, 0.5) is 4.79 Å². The molecule has 3 heterocycles. The van der Waals surface area contributed by atoms with Crippen molar-refractivity contribution in [1.29, 1.82) is 0 Å². The first-order valence-electron chi connectivity index (χ1n) is 10.6. The van der Waals surface area contributed by atoms with E-state index in [1.807, 2.05) is 6.07 Å². The van der Waals surface area contributed by atoms with Gasteiger partial charge >= 0.3 is 6.09 Å². The molecule has 2 fully saturated rings. The van der Waals surface area contributed by atoms with Crippen LogP contribution in [0.1, 0.15) is 29.2 Å². The van der Waals surface area contributed by atoms with Crippen molar-refractivity contribution in [3.8, 4) is 11.5 Å². The maximum atomic E-state index is 12.1. The summed E-state index contributed by atoms with van der Waals surface area (Å²) >= 11 is 0. The van der Waals surface area contributed by atoms with Crippen molar-refractivity contribution in [2.45, 2.75) is 30.9 Å². The van der Waals surface area contributed by atoms with Crippen molar-refractivity contribution in [3.05, 3.63) is 59.2 Å². The molecule has 3 aliphatic heterocycles. The van der Waals surface area contributed by atoms with Gasteiger partial charge < -0.3 is 19.5 Å². The predicted molar refractivity (Wildman–Crippen MR) is 113 cm³/mol. The minimum Gasteiger partial charge on any atom is -0.493 e. The summed E-state index contributed by atoms with van der Waals surface area (Å²) < 4.78 is 17.1. The van der Waals surface area contributed by atoms with Crippen LogP contribution < -0.4 is 14.8 Å². The molecule has 2 aromatic rings. The fraction of sp³-hybridized carbons (Fsp3) is 0.458. The van der Waals surface area contributed by atoms with Crippen LogP contribution in [0.3, 0.4) is 0 Å². The van der Waals surface area contributed by atoms with Gasteiger partial charge in [0.15, 0.2) is 11.5 Å². The number of nitrogens with zero attached hydrogens (tertiary/aromatic N) is 1. The normalized spacial score (nSPS) is 27.7. The van der Waals surface area contributed by atoms with Crippen molar-refractivity contribution in [3.63, 3.8) is 0 Å². The van der Waals surface area contributed by atoms with E-state index in [4.69, 9.17) is 14.2 Å². The Bertz CT molecular complexity index is 948. The second kappa shape index (κ2) is 7.51. The fourth-order valence-corrected chi connectivity index (χ4v) is 5.45. The van der Waals surface area contributed by atoms with E-state index < -0.39 is 5.60 Å². The van der Waals surface area contributed by atoms with Crippen molar-refractivity contribution >= 4 is 6.09 Å². The van der Waals surface area contributed by atoms with Gasteiger partial charge in [0.25, 0.3) is 0 Å². The number of carbonyl (C=O) groups excluding carboxylic acids is 1. The van der Waals surface area contributed by atoms with Gasteiger partial charge in [0.05, 0.1) is 20.8 Å². The Morgan fingerprint density at radius 3 is 2.63 bits per heavy atom. The number of rotatable bonds is 4. The number of methoxy groups -OCH3 is 2. The topological polar surface area (TPSA) is 60.0 Å². The van der Waals surface area contributed by atoms with Crippen molar-refractivity contribution in [1.82, 2.24) is 10.2 Å². The SMILES string of the molecule is COc1cc2c(cc1OC)[C@@H]1C[C@]3(CNC(=O)O3)[C@@H](Cc3ccccc3)CN1CC2. The van der Waals surface area contributed by atoms with Gasteiger partial charge in [-0.05, 0) is 41.7 Å². The molecule has 1 N–H and O–H groups in total. The summed E-state index contributed by atoms with van der Waals surface area (Å²) in [6, 6.07) is 14.9. The zero-order valence-corrected chi connectivity index (χ0v) is 17.5. The Hall–Kier alpha value is -2.73. The standard InChI is InChI=1S/C24H28N2O4/c1-28-21-11-17-8-9-26-14-18(10-16-6-4-3-5-7-16)24(15-25-23(27)30-24)13-20(26)19(17)12-22(21)29-2/h3-7,11-12,18,20H,8-10,13-15H2,1-2H3,(H,25,27)/t18-,20-,24-/m0/s1. The first kappa shape index (κ1) is 19.2. The van der Waals surface area contributed by atoms with Gasteiger partial charge in [-0.2, -0.15) is 0 Å². The molecule has 0 unspecified atom stereocenters. The van der Waals surface area contributed by atoms with Gasteiger partial charge in [-0.25, -0.2) is 4.79 Å². The Balaban J connectivity index is 1.50. The second-order valence-electron chi connectivity index (χ2n) is 8.57. The van der Waals surface area contributed by atoms with Crippen LogP contribution in [0.15, 0.2) is 42.5 Å². The molecule has 6 heteroatoms. The van der Waals surface area contributed by atoms with Crippen LogP contribution in [0.25, 0.3) is 0 Å². The smallest absolute Gasteiger partial charge is 0.407 e. The Labute approximate surface area is 177 Å². The van der Waals surface area contributed by atoms with E-state index in [1.54, 1.807) is 14.2 Å². The molecule has 158 valence electrons. The summed E-state index contributed by atoms with van der Waals surface area (Å²) in [6.07, 6.45) is 2.36. The molecule has 1 amide bonds. The van der Waals surface area contributed by atoms with Gasteiger partial charge in [-0.1, -0.05) is 30.3 Å². The van der Waals surface area contributed by atoms with Crippen LogP contribution in [-0.2, 0) is 17.6 Å². The number of hydrogen-bond donors (Lipinski definition) is 1. The van der Waals surface area contributed by atoms with Crippen LogP contribution in [0.2, 0.25) is 0 Å². The van der Waals surface area contributed by atoms with Gasteiger partial charge in [-0.3, -0.25) is 4.90 Å². The zero-order valence-electron chi connectivity index (χ0n) is 17.5. The summed E-state index contributed by atoms with van der Waals surface area (Å²) in [6.45, 7) is 2.47. The molecule has 0 aliphatic carbocycles. The quantitative estimate of drug-likeness (QED) is 0.841. The molecular formula is C24H28N2O4. The lowest BCUT2D eigenvalue weighted by Gasteiger charge is -2.50. The van der Waals surface area contributed by atoms with E-state index in [9.17, 15) is 4.79 Å². The minimum absolute atomic E-state index is 0.202. The summed E-state index contributed by atoms with van der Waals surface area (Å²) in [7, 11) is 3.35. The van der Waals surface area contributed by atoms with Crippen molar-refractivity contribution < 1.29 is 19.0 Å². The molecule has 3 atom stereocenters. The molecule has 2 aromatic carbocycles. The molecule has 0 bridgehead atoms. The van der Waals surface area contributed by atoms with E-state index in [-0.39, 0.29) is 18.1 Å². The number of carbonyl (C=O) groups is 1. The molecule has 5 rings (SSSR count). The number of piperidine rings is 1. The highest BCUT2D eigenvalue weighted by molar-refractivity contribution is 5.70. The average Bonchev–Trinajstić information content (AvgIpc) is 3.15. The lowest BCUT2D eigenvalue weighted by Crippen LogP contribution is -2.57. The average molecular weight is 408 g/mol. The number of fused-ring (bicyclic) bond motifs is 3. The van der Waals surface area contributed by atoms with Crippen molar-refractivity contribution in [2.24, 2.45) is 5.92 Å².